The molecule has 11 aromatic rings. The van der Waals surface area contributed by atoms with Gasteiger partial charge in [-0.25, -0.2) is 0 Å². The summed E-state index contributed by atoms with van der Waals surface area (Å²) in [7, 11) is 0. The lowest BCUT2D eigenvalue weighted by Crippen LogP contribution is -2.16. The van der Waals surface area contributed by atoms with Gasteiger partial charge in [-0.05, 0) is 136 Å². The molecule has 1 aliphatic rings. The predicted octanol–water partition coefficient (Wildman–Crippen LogP) is 16.3. The first kappa shape index (κ1) is 36.0. The fourth-order valence-corrected chi connectivity index (χ4v) is 10.3. The Labute approximate surface area is 362 Å². The van der Waals surface area contributed by atoms with Crippen LogP contribution in [0.15, 0.2) is 224 Å². The van der Waals surface area contributed by atoms with Crippen LogP contribution in [-0.2, 0) is 5.41 Å². The summed E-state index contributed by atoms with van der Waals surface area (Å²) in [4.78, 5) is 4.76. The Balaban J connectivity index is 1.03. The standard InChI is InChI=1S/C59H43N3/c1-59(2)52-38-40(28-30-48(52)49-31-29-46(39-53(49)59)60(41-18-8-3-9-19-41)42-20-10-4-11-21-42)47-34-35-55-57-50(47)32-33-51-54(36-37-56(58(51)57)62(55)45-26-16-7-17-27-45)61(43-22-12-5-13-23-43)44-24-14-6-15-25-44/h3-39H,1-2H3. The number of benzene rings is 10. The molecule has 0 unspecified atom stereocenters. The highest BCUT2D eigenvalue weighted by Gasteiger charge is 2.36. The van der Waals surface area contributed by atoms with Gasteiger partial charge in [0.1, 0.15) is 0 Å². The second kappa shape index (κ2) is 14.1. The molecule has 0 aliphatic heterocycles. The first-order valence-corrected chi connectivity index (χ1v) is 21.5. The van der Waals surface area contributed by atoms with Crippen molar-refractivity contribution in [2.45, 2.75) is 19.3 Å². The highest BCUT2D eigenvalue weighted by atomic mass is 15.1. The monoisotopic (exact) mass is 793 g/mol. The predicted molar refractivity (Wildman–Crippen MR) is 262 cm³/mol. The number of hydrogen-bond donors (Lipinski definition) is 0. The van der Waals surface area contributed by atoms with Crippen molar-refractivity contribution in [2.24, 2.45) is 0 Å². The summed E-state index contributed by atoms with van der Waals surface area (Å²) in [5, 5.41) is 5.05. The molecule has 1 heterocycles. The minimum atomic E-state index is -0.212. The second-order valence-electron chi connectivity index (χ2n) is 16.9. The maximum atomic E-state index is 2.47. The Morgan fingerprint density at radius 3 is 1.39 bits per heavy atom. The maximum Gasteiger partial charge on any atom is 0.0548 e. The molecule has 1 aliphatic carbocycles. The third-order valence-electron chi connectivity index (χ3n) is 13.1. The number of anilines is 6. The molecule has 3 heteroatoms. The number of rotatable bonds is 8. The Morgan fingerprint density at radius 2 is 0.806 bits per heavy atom. The van der Waals surface area contributed by atoms with E-state index in [-0.39, 0.29) is 5.41 Å². The molecule has 12 rings (SSSR count). The fourth-order valence-electron chi connectivity index (χ4n) is 10.3. The van der Waals surface area contributed by atoms with Crippen LogP contribution in [0.5, 0.6) is 0 Å². The highest BCUT2D eigenvalue weighted by Crippen LogP contribution is 2.53. The van der Waals surface area contributed by atoms with Gasteiger partial charge in [0.25, 0.3) is 0 Å². The van der Waals surface area contributed by atoms with Gasteiger partial charge < -0.3 is 14.4 Å². The van der Waals surface area contributed by atoms with Gasteiger partial charge in [0.05, 0.1) is 16.7 Å². The molecule has 3 nitrogen and oxygen atoms in total. The van der Waals surface area contributed by atoms with Gasteiger partial charge >= 0.3 is 0 Å². The molecule has 0 amide bonds. The van der Waals surface area contributed by atoms with Gasteiger partial charge in [0.15, 0.2) is 0 Å². The van der Waals surface area contributed by atoms with E-state index >= 15 is 0 Å². The second-order valence-corrected chi connectivity index (χ2v) is 16.9. The summed E-state index contributed by atoms with van der Waals surface area (Å²) < 4.78 is 2.45. The molecule has 294 valence electrons. The molecular weight excluding hydrogens is 751 g/mol. The Kier molecular flexibility index (Phi) is 8.20. The molecule has 0 atom stereocenters. The van der Waals surface area contributed by atoms with E-state index in [9.17, 15) is 0 Å². The molecule has 62 heavy (non-hydrogen) atoms. The van der Waals surface area contributed by atoms with E-state index < -0.39 is 0 Å². The van der Waals surface area contributed by atoms with Crippen LogP contribution in [0, 0.1) is 0 Å². The molecule has 0 fully saturated rings. The average Bonchev–Trinajstić information content (AvgIpc) is 3.79. The van der Waals surface area contributed by atoms with Gasteiger partial charge in [-0.1, -0.05) is 141 Å². The molecule has 0 N–H and O–H groups in total. The van der Waals surface area contributed by atoms with E-state index in [1.165, 1.54) is 66.0 Å². The van der Waals surface area contributed by atoms with Crippen molar-refractivity contribution in [3.8, 4) is 27.9 Å². The molecule has 0 spiro atoms. The summed E-state index contributed by atoms with van der Waals surface area (Å²) >= 11 is 0. The number of fused-ring (bicyclic) bond motifs is 3. The molecule has 0 saturated heterocycles. The molecule has 0 saturated carbocycles. The van der Waals surface area contributed by atoms with Gasteiger partial charge in [-0.2, -0.15) is 0 Å². The number of hydrogen-bond acceptors (Lipinski definition) is 2. The summed E-state index contributed by atoms with van der Waals surface area (Å²) in [5.74, 6) is 0. The first-order valence-electron chi connectivity index (χ1n) is 21.5. The van der Waals surface area contributed by atoms with Crippen molar-refractivity contribution >= 4 is 66.7 Å². The fraction of sp³-hybridized carbons (Fsp3) is 0.0508. The lowest BCUT2D eigenvalue weighted by atomic mass is 9.81. The highest BCUT2D eigenvalue weighted by molar-refractivity contribution is 6.29. The summed E-state index contributed by atoms with van der Waals surface area (Å²) in [5.41, 5.74) is 18.0. The largest absolute Gasteiger partial charge is 0.310 e. The van der Waals surface area contributed by atoms with Crippen LogP contribution in [0.25, 0.3) is 60.5 Å². The Hall–Kier alpha value is -7.88. The number of nitrogens with zero attached hydrogens (tertiary/aromatic N) is 3. The maximum absolute atomic E-state index is 2.47. The van der Waals surface area contributed by atoms with Crippen LogP contribution in [-0.4, -0.2) is 4.57 Å². The van der Waals surface area contributed by atoms with E-state index in [1.807, 2.05) is 0 Å². The van der Waals surface area contributed by atoms with Crippen LogP contribution in [0.3, 0.4) is 0 Å². The molecular formula is C59H43N3. The lowest BCUT2D eigenvalue weighted by molar-refractivity contribution is 0.660. The first-order chi connectivity index (χ1) is 30.5. The van der Waals surface area contributed by atoms with E-state index in [1.54, 1.807) is 0 Å². The van der Waals surface area contributed by atoms with Crippen LogP contribution >= 0.6 is 0 Å². The summed E-state index contributed by atoms with van der Waals surface area (Å²) in [6.45, 7) is 4.78. The van der Waals surface area contributed by atoms with Gasteiger partial charge in [-0.3, -0.25) is 0 Å². The zero-order chi connectivity index (χ0) is 41.4. The molecule has 0 bridgehead atoms. The van der Waals surface area contributed by atoms with Crippen LogP contribution in [0.1, 0.15) is 25.0 Å². The van der Waals surface area contributed by atoms with Crippen molar-refractivity contribution < 1.29 is 0 Å². The SMILES string of the molecule is CC1(C)c2cc(-c3ccc4c5c3ccc3c(N(c6ccccc6)c6ccccc6)ccc(c35)n4-c3ccccc3)ccc2-c2ccc(N(c3ccccc3)c3ccccc3)cc21. The van der Waals surface area contributed by atoms with E-state index in [0.717, 1.165) is 39.8 Å². The van der Waals surface area contributed by atoms with Crippen LogP contribution in [0.2, 0.25) is 0 Å². The number of aromatic nitrogens is 1. The third-order valence-corrected chi connectivity index (χ3v) is 13.1. The topological polar surface area (TPSA) is 11.4 Å². The lowest BCUT2D eigenvalue weighted by Gasteiger charge is -2.28. The molecule has 0 radical (unpaired) electrons. The average molecular weight is 794 g/mol. The quantitative estimate of drug-likeness (QED) is 0.142. The van der Waals surface area contributed by atoms with Crippen LogP contribution < -0.4 is 9.80 Å². The zero-order valence-electron chi connectivity index (χ0n) is 34.7. The summed E-state index contributed by atoms with van der Waals surface area (Å²) in [6.07, 6.45) is 0. The number of para-hydroxylation sites is 5. The Morgan fingerprint density at radius 1 is 0.355 bits per heavy atom. The molecule has 10 aromatic carbocycles. The van der Waals surface area contributed by atoms with Gasteiger partial charge in [-0.15, -0.1) is 0 Å². The minimum absolute atomic E-state index is 0.212. The third kappa shape index (κ3) is 5.52. The summed E-state index contributed by atoms with van der Waals surface area (Å²) in [6, 6.07) is 81.9. The smallest absolute Gasteiger partial charge is 0.0548 e. The zero-order valence-corrected chi connectivity index (χ0v) is 34.7. The van der Waals surface area contributed by atoms with Crippen molar-refractivity contribution in [3.05, 3.63) is 236 Å². The van der Waals surface area contributed by atoms with Crippen LogP contribution in [0.4, 0.5) is 34.1 Å². The minimum Gasteiger partial charge on any atom is -0.310 e. The van der Waals surface area contributed by atoms with Crippen molar-refractivity contribution in [2.75, 3.05) is 9.80 Å². The van der Waals surface area contributed by atoms with Gasteiger partial charge in [0.2, 0.25) is 0 Å². The molecule has 1 aromatic heterocycles. The van der Waals surface area contributed by atoms with Crippen molar-refractivity contribution in [3.63, 3.8) is 0 Å². The van der Waals surface area contributed by atoms with E-state index in [0.29, 0.717) is 0 Å². The van der Waals surface area contributed by atoms with Crippen molar-refractivity contribution in [1.82, 2.24) is 4.57 Å². The van der Waals surface area contributed by atoms with E-state index in [4.69, 9.17) is 0 Å². The normalized spacial score (nSPS) is 12.8. The van der Waals surface area contributed by atoms with Crippen molar-refractivity contribution in [1.29, 1.82) is 0 Å². The van der Waals surface area contributed by atoms with E-state index in [2.05, 4.69) is 253 Å². The Bertz CT molecular complexity index is 3330. The van der Waals surface area contributed by atoms with Gasteiger partial charge in [0, 0.05) is 55.7 Å².